The van der Waals surface area contributed by atoms with Gasteiger partial charge in [-0.2, -0.15) is 5.10 Å². The quantitative estimate of drug-likeness (QED) is 0.743. The molecule has 0 bridgehead atoms. The van der Waals surface area contributed by atoms with E-state index in [2.05, 4.69) is 25.6 Å². The van der Waals surface area contributed by atoms with Crippen LogP contribution in [0.3, 0.4) is 0 Å². The van der Waals surface area contributed by atoms with Crippen molar-refractivity contribution in [1.82, 2.24) is 35.0 Å². The molecule has 3 rings (SSSR count). The van der Waals surface area contributed by atoms with Crippen LogP contribution in [-0.4, -0.2) is 40.1 Å². The molecule has 120 valence electrons. The van der Waals surface area contributed by atoms with Gasteiger partial charge in [0.1, 0.15) is 36.2 Å². The summed E-state index contributed by atoms with van der Waals surface area (Å²) in [7, 11) is 0. The average molecular weight is 321 g/mol. The molecule has 0 saturated heterocycles. The average Bonchev–Trinajstić information content (AvgIpc) is 3.19. The molecule has 0 fully saturated rings. The lowest BCUT2D eigenvalue weighted by atomic mass is 9.86. The van der Waals surface area contributed by atoms with E-state index in [9.17, 15) is 13.9 Å². The minimum Gasteiger partial charge on any atom is -0.381 e. The van der Waals surface area contributed by atoms with E-state index < -0.39 is 23.3 Å². The van der Waals surface area contributed by atoms with Crippen molar-refractivity contribution in [1.29, 1.82) is 0 Å². The van der Waals surface area contributed by atoms with Crippen molar-refractivity contribution in [2.24, 2.45) is 0 Å². The number of hydrogen-bond acceptors (Lipinski definition) is 6. The highest BCUT2D eigenvalue weighted by molar-refractivity contribution is 5.26. The topological polar surface area (TPSA) is 94.5 Å². The molecule has 0 aliphatic heterocycles. The fourth-order valence-electron chi connectivity index (χ4n) is 2.41. The maximum Gasteiger partial charge on any atom is 0.138 e. The summed E-state index contributed by atoms with van der Waals surface area (Å²) in [5.74, 6) is -1.60. The number of rotatable bonds is 5. The van der Waals surface area contributed by atoms with Crippen LogP contribution in [0.4, 0.5) is 8.78 Å². The van der Waals surface area contributed by atoms with Crippen LogP contribution >= 0.6 is 0 Å². The molecule has 2 heterocycles. The lowest BCUT2D eigenvalue weighted by Crippen LogP contribution is -2.41. The molecule has 0 aliphatic carbocycles. The third-order valence-electron chi connectivity index (χ3n) is 3.72. The highest BCUT2D eigenvalue weighted by Crippen LogP contribution is 2.35. The molecule has 10 heteroatoms. The summed E-state index contributed by atoms with van der Waals surface area (Å²) >= 11 is 0. The third-order valence-corrected chi connectivity index (χ3v) is 3.72. The molecule has 2 atom stereocenters. The van der Waals surface area contributed by atoms with Crippen LogP contribution in [-0.2, 0) is 12.1 Å². The number of nitrogens with zero attached hydrogens (tertiary/aromatic N) is 7. The smallest absolute Gasteiger partial charge is 0.138 e. The summed E-state index contributed by atoms with van der Waals surface area (Å²) in [6, 6.07) is 2.25. The van der Waals surface area contributed by atoms with Crippen molar-refractivity contribution in [2.75, 3.05) is 0 Å². The highest BCUT2D eigenvalue weighted by atomic mass is 19.1. The van der Waals surface area contributed by atoms with Crippen LogP contribution in [0.5, 0.6) is 0 Å². The van der Waals surface area contributed by atoms with Gasteiger partial charge in [0.15, 0.2) is 0 Å². The standard InChI is InChI=1S/C13H13F2N7O/c1-9(22-8-17-19-20-22)13(23,5-21-7-16-6-18-21)11-3-2-10(14)4-12(11)15/h2-4,6-9,23H,5H2,1H3/t9-,13+/m0/s1. The van der Waals surface area contributed by atoms with Crippen molar-refractivity contribution >= 4 is 0 Å². The monoisotopic (exact) mass is 321 g/mol. The summed E-state index contributed by atoms with van der Waals surface area (Å²) < 4.78 is 30.1. The zero-order valence-corrected chi connectivity index (χ0v) is 12.1. The Bertz CT molecular complexity index is 778. The zero-order valence-electron chi connectivity index (χ0n) is 12.1. The second kappa shape index (κ2) is 5.80. The molecule has 1 N–H and O–H groups in total. The Hall–Kier alpha value is -2.75. The first-order valence-corrected chi connectivity index (χ1v) is 6.73. The van der Waals surface area contributed by atoms with Gasteiger partial charge < -0.3 is 5.11 Å². The Morgan fingerprint density at radius 2 is 2.13 bits per heavy atom. The molecule has 0 spiro atoms. The van der Waals surface area contributed by atoms with Crippen molar-refractivity contribution < 1.29 is 13.9 Å². The van der Waals surface area contributed by atoms with Crippen LogP contribution in [0.15, 0.2) is 37.2 Å². The minimum absolute atomic E-state index is 0.0857. The van der Waals surface area contributed by atoms with E-state index in [1.165, 1.54) is 34.4 Å². The maximum absolute atomic E-state index is 14.3. The molecule has 0 unspecified atom stereocenters. The molecule has 0 amide bonds. The Kier molecular flexibility index (Phi) is 3.82. The molecular formula is C13H13F2N7O. The largest absolute Gasteiger partial charge is 0.381 e. The van der Waals surface area contributed by atoms with Gasteiger partial charge >= 0.3 is 0 Å². The number of hydrogen-bond donors (Lipinski definition) is 1. The SMILES string of the molecule is C[C@H](n1cnnn1)[C@](O)(Cn1cncn1)c1ccc(F)cc1F. The summed E-state index contributed by atoms with van der Waals surface area (Å²) in [6.45, 7) is 1.51. The van der Waals surface area contributed by atoms with Gasteiger partial charge in [0.25, 0.3) is 0 Å². The molecule has 2 aromatic heterocycles. The summed E-state index contributed by atoms with van der Waals surface area (Å²) in [5, 5.41) is 25.9. The van der Waals surface area contributed by atoms with Gasteiger partial charge in [-0.15, -0.1) is 5.10 Å². The maximum atomic E-state index is 14.3. The predicted molar refractivity (Wildman–Crippen MR) is 72.8 cm³/mol. The van der Waals surface area contributed by atoms with Gasteiger partial charge in [0.2, 0.25) is 0 Å². The normalized spacial score (nSPS) is 15.3. The van der Waals surface area contributed by atoms with Gasteiger partial charge in [0.05, 0.1) is 12.6 Å². The zero-order chi connectivity index (χ0) is 16.4. The number of aliphatic hydroxyl groups is 1. The molecule has 0 saturated carbocycles. The van der Waals surface area contributed by atoms with Gasteiger partial charge in [0, 0.05) is 11.6 Å². The molecule has 3 aromatic rings. The second-order valence-electron chi connectivity index (χ2n) is 5.11. The fraction of sp³-hybridized carbons (Fsp3) is 0.308. The van der Waals surface area contributed by atoms with Crippen LogP contribution < -0.4 is 0 Å². The van der Waals surface area contributed by atoms with E-state index in [4.69, 9.17) is 0 Å². The Labute approximate surface area is 129 Å². The Morgan fingerprint density at radius 1 is 1.30 bits per heavy atom. The van der Waals surface area contributed by atoms with Crippen LogP contribution in [0.1, 0.15) is 18.5 Å². The van der Waals surface area contributed by atoms with Gasteiger partial charge in [-0.1, -0.05) is 6.07 Å². The number of benzene rings is 1. The highest BCUT2D eigenvalue weighted by Gasteiger charge is 2.41. The van der Waals surface area contributed by atoms with Crippen LogP contribution in [0.2, 0.25) is 0 Å². The van der Waals surface area contributed by atoms with Gasteiger partial charge in [-0.3, -0.25) is 0 Å². The molecule has 0 aliphatic rings. The fourth-order valence-corrected chi connectivity index (χ4v) is 2.41. The van der Waals surface area contributed by atoms with E-state index in [-0.39, 0.29) is 12.1 Å². The Morgan fingerprint density at radius 3 is 2.74 bits per heavy atom. The van der Waals surface area contributed by atoms with Crippen LogP contribution in [0, 0.1) is 11.6 Å². The molecular weight excluding hydrogens is 308 g/mol. The summed E-state index contributed by atoms with van der Waals surface area (Å²) in [5.41, 5.74) is -1.86. The summed E-state index contributed by atoms with van der Waals surface area (Å²) in [6.07, 6.45) is 3.99. The lowest BCUT2D eigenvalue weighted by molar-refractivity contribution is -0.0374. The minimum atomic E-state index is -1.78. The van der Waals surface area contributed by atoms with E-state index in [1.807, 2.05) is 0 Å². The number of tetrazole rings is 1. The van der Waals surface area contributed by atoms with E-state index in [0.717, 1.165) is 6.07 Å². The van der Waals surface area contributed by atoms with E-state index in [0.29, 0.717) is 6.07 Å². The van der Waals surface area contributed by atoms with Crippen molar-refractivity contribution in [3.63, 3.8) is 0 Å². The lowest BCUT2D eigenvalue weighted by Gasteiger charge is -2.34. The third kappa shape index (κ3) is 2.80. The van der Waals surface area contributed by atoms with Crippen molar-refractivity contribution in [2.45, 2.75) is 25.1 Å². The van der Waals surface area contributed by atoms with E-state index >= 15 is 0 Å². The number of aromatic nitrogens is 7. The number of halogens is 2. The first-order chi connectivity index (χ1) is 11.0. The van der Waals surface area contributed by atoms with Crippen molar-refractivity contribution in [3.05, 3.63) is 54.4 Å². The molecule has 8 nitrogen and oxygen atoms in total. The second-order valence-corrected chi connectivity index (χ2v) is 5.11. The van der Waals surface area contributed by atoms with Crippen LogP contribution in [0.25, 0.3) is 0 Å². The first kappa shape index (κ1) is 15.2. The predicted octanol–water partition coefficient (Wildman–Crippen LogP) is 0.692. The first-order valence-electron chi connectivity index (χ1n) is 6.73. The molecule has 23 heavy (non-hydrogen) atoms. The Balaban J connectivity index is 2.08. The summed E-state index contributed by atoms with van der Waals surface area (Å²) in [4.78, 5) is 3.80. The van der Waals surface area contributed by atoms with Gasteiger partial charge in [-0.05, 0) is 23.4 Å². The van der Waals surface area contributed by atoms with Gasteiger partial charge in [-0.25, -0.2) is 23.1 Å². The van der Waals surface area contributed by atoms with E-state index in [1.54, 1.807) is 6.92 Å². The molecule has 0 radical (unpaired) electrons. The van der Waals surface area contributed by atoms with Crippen molar-refractivity contribution in [3.8, 4) is 0 Å². The molecule has 1 aromatic carbocycles.